The predicted molar refractivity (Wildman–Crippen MR) is 83.6 cm³/mol. The molecule has 6 nitrogen and oxygen atoms in total. The molecule has 1 N–H and O–H groups in total. The van der Waals surface area contributed by atoms with Gasteiger partial charge in [0.1, 0.15) is 5.69 Å². The van der Waals surface area contributed by atoms with Crippen LogP contribution < -0.4 is 5.32 Å². The van der Waals surface area contributed by atoms with Crippen LogP contribution in [0.25, 0.3) is 0 Å². The molecular formula is C15H26N4O2. The topological polar surface area (TPSA) is 73.0 Å². The molecule has 0 radical (unpaired) electrons. The molecule has 0 amide bonds. The molecule has 6 heteroatoms. The number of aryl methyl sites for hydroxylation is 1. The van der Waals surface area contributed by atoms with Gasteiger partial charge in [-0.2, -0.15) is 5.10 Å². The van der Waals surface area contributed by atoms with E-state index in [4.69, 9.17) is 0 Å². The molecule has 1 saturated carbocycles. The van der Waals surface area contributed by atoms with Crippen LogP contribution in [0.15, 0.2) is 0 Å². The first kappa shape index (κ1) is 15.8. The number of rotatable bonds is 5. The van der Waals surface area contributed by atoms with Crippen molar-refractivity contribution in [3.05, 3.63) is 15.8 Å². The predicted octanol–water partition coefficient (Wildman–Crippen LogP) is 3.83. The lowest BCUT2D eigenvalue weighted by atomic mass is 9.84. The highest BCUT2D eigenvalue weighted by atomic mass is 16.6. The number of nitrogens with one attached hydrogen (secondary N) is 1. The van der Waals surface area contributed by atoms with Crippen molar-refractivity contribution in [3.8, 4) is 0 Å². The zero-order valence-electron chi connectivity index (χ0n) is 13.4. The van der Waals surface area contributed by atoms with E-state index in [0.29, 0.717) is 17.6 Å². The summed E-state index contributed by atoms with van der Waals surface area (Å²) in [5, 5.41) is 19.2. The lowest BCUT2D eigenvalue weighted by Gasteiger charge is -2.29. The van der Waals surface area contributed by atoms with E-state index in [2.05, 4.69) is 17.3 Å². The number of aromatic nitrogens is 2. The minimum Gasteiger partial charge on any atom is -0.362 e. The van der Waals surface area contributed by atoms with Gasteiger partial charge in [0.05, 0.1) is 4.92 Å². The van der Waals surface area contributed by atoms with Crippen molar-refractivity contribution in [1.82, 2.24) is 9.78 Å². The zero-order chi connectivity index (χ0) is 15.6. The maximum atomic E-state index is 11.4. The second-order valence-electron chi connectivity index (χ2n) is 6.40. The fourth-order valence-corrected chi connectivity index (χ4v) is 3.25. The third kappa shape index (κ3) is 3.36. The average Bonchev–Trinajstić information content (AvgIpc) is 2.77. The molecule has 0 aliphatic heterocycles. The molecular weight excluding hydrogens is 268 g/mol. The van der Waals surface area contributed by atoms with E-state index < -0.39 is 0 Å². The maximum absolute atomic E-state index is 11.4. The van der Waals surface area contributed by atoms with Gasteiger partial charge in [-0.05, 0) is 18.8 Å². The lowest BCUT2D eigenvalue weighted by molar-refractivity contribution is -0.384. The average molecular weight is 294 g/mol. The number of nitrogens with zero attached hydrogens (tertiary/aromatic N) is 3. The van der Waals surface area contributed by atoms with Gasteiger partial charge >= 0.3 is 5.69 Å². The maximum Gasteiger partial charge on any atom is 0.334 e. The Kier molecular flexibility index (Phi) is 4.85. The fourth-order valence-electron chi connectivity index (χ4n) is 3.25. The highest BCUT2D eigenvalue weighted by Crippen LogP contribution is 2.35. The van der Waals surface area contributed by atoms with Crippen molar-refractivity contribution in [2.75, 3.05) is 5.32 Å². The molecule has 1 heterocycles. The van der Waals surface area contributed by atoms with E-state index in [0.717, 1.165) is 18.8 Å². The van der Waals surface area contributed by atoms with E-state index in [1.54, 1.807) is 11.7 Å². The largest absolute Gasteiger partial charge is 0.362 e. The zero-order valence-corrected chi connectivity index (χ0v) is 13.4. The van der Waals surface area contributed by atoms with Crippen LogP contribution in [0, 0.1) is 16.0 Å². The summed E-state index contributed by atoms with van der Waals surface area (Å²) in [5.41, 5.74) is 0.707. The molecule has 2 rings (SSSR count). The summed E-state index contributed by atoms with van der Waals surface area (Å²) in [4.78, 5) is 11.1. The van der Waals surface area contributed by atoms with E-state index in [-0.39, 0.29) is 16.5 Å². The molecule has 1 aliphatic carbocycles. The van der Waals surface area contributed by atoms with Gasteiger partial charge in [0, 0.05) is 19.0 Å². The molecule has 1 aromatic heterocycles. The molecule has 2 atom stereocenters. The molecule has 118 valence electrons. The molecule has 0 spiro atoms. The SMILES string of the molecule is CCC1CCCC(Nc2c([N+](=O)[O-])c(C(C)C)nn2C)C1. The number of hydrogen-bond acceptors (Lipinski definition) is 4. The van der Waals surface area contributed by atoms with Gasteiger partial charge in [-0.3, -0.25) is 10.1 Å². The van der Waals surface area contributed by atoms with Crippen LogP contribution in [0.3, 0.4) is 0 Å². The first-order valence-electron chi connectivity index (χ1n) is 7.91. The Balaban J connectivity index is 2.25. The van der Waals surface area contributed by atoms with Crippen molar-refractivity contribution < 1.29 is 4.92 Å². The van der Waals surface area contributed by atoms with Gasteiger partial charge in [-0.1, -0.05) is 40.0 Å². The monoisotopic (exact) mass is 294 g/mol. The minimum absolute atomic E-state index is 0.0434. The van der Waals surface area contributed by atoms with Gasteiger partial charge in [-0.15, -0.1) is 0 Å². The molecule has 0 saturated heterocycles. The Morgan fingerprint density at radius 1 is 1.48 bits per heavy atom. The fraction of sp³-hybridized carbons (Fsp3) is 0.800. The standard InChI is InChI=1S/C15H26N4O2/c1-5-11-7-6-8-12(9-11)16-15-14(19(20)21)13(10(2)3)17-18(15)4/h10-12,16H,5-9H2,1-4H3. The first-order chi connectivity index (χ1) is 9.93. The third-order valence-corrected chi connectivity index (χ3v) is 4.48. The van der Waals surface area contributed by atoms with Crippen molar-refractivity contribution in [2.45, 2.75) is 64.8 Å². The van der Waals surface area contributed by atoms with Gasteiger partial charge in [0.15, 0.2) is 0 Å². The van der Waals surface area contributed by atoms with Crippen LogP contribution in [0.2, 0.25) is 0 Å². The van der Waals surface area contributed by atoms with Gasteiger partial charge in [0.2, 0.25) is 5.82 Å². The second kappa shape index (κ2) is 6.45. The van der Waals surface area contributed by atoms with Crippen LogP contribution in [-0.4, -0.2) is 20.7 Å². The Morgan fingerprint density at radius 3 is 2.76 bits per heavy atom. The van der Waals surface area contributed by atoms with Crippen molar-refractivity contribution in [3.63, 3.8) is 0 Å². The van der Waals surface area contributed by atoms with Gasteiger partial charge in [0.25, 0.3) is 0 Å². The van der Waals surface area contributed by atoms with Gasteiger partial charge < -0.3 is 5.32 Å². The molecule has 0 bridgehead atoms. The summed E-state index contributed by atoms with van der Waals surface area (Å²) in [7, 11) is 1.78. The Hall–Kier alpha value is -1.59. The highest BCUT2D eigenvalue weighted by molar-refractivity contribution is 5.61. The van der Waals surface area contributed by atoms with Crippen molar-refractivity contribution in [2.24, 2.45) is 13.0 Å². The minimum atomic E-state index is -0.301. The normalized spacial score (nSPS) is 22.5. The van der Waals surface area contributed by atoms with Crippen LogP contribution in [0.4, 0.5) is 11.5 Å². The Bertz CT molecular complexity index is 510. The summed E-state index contributed by atoms with van der Waals surface area (Å²) < 4.78 is 1.63. The summed E-state index contributed by atoms with van der Waals surface area (Å²) in [6.45, 7) is 6.09. The summed E-state index contributed by atoms with van der Waals surface area (Å²) in [5.74, 6) is 1.33. The molecule has 1 fully saturated rings. The lowest BCUT2D eigenvalue weighted by Crippen LogP contribution is -2.28. The van der Waals surface area contributed by atoms with Crippen LogP contribution in [0.5, 0.6) is 0 Å². The number of hydrogen-bond donors (Lipinski definition) is 1. The molecule has 0 aromatic carbocycles. The molecule has 1 aliphatic rings. The molecule has 2 unspecified atom stereocenters. The highest BCUT2D eigenvalue weighted by Gasteiger charge is 2.31. The van der Waals surface area contributed by atoms with E-state index in [1.165, 1.54) is 19.3 Å². The molecule has 1 aromatic rings. The number of anilines is 1. The molecule has 21 heavy (non-hydrogen) atoms. The van der Waals surface area contributed by atoms with E-state index >= 15 is 0 Å². The summed E-state index contributed by atoms with van der Waals surface area (Å²) >= 11 is 0. The van der Waals surface area contributed by atoms with E-state index in [9.17, 15) is 10.1 Å². The van der Waals surface area contributed by atoms with Crippen LogP contribution >= 0.6 is 0 Å². The number of nitro groups is 1. The van der Waals surface area contributed by atoms with Crippen molar-refractivity contribution in [1.29, 1.82) is 0 Å². The van der Waals surface area contributed by atoms with Crippen molar-refractivity contribution >= 4 is 11.5 Å². The second-order valence-corrected chi connectivity index (χ2v) is 6.40. The quantitative estimate of drug-likeness (QED) is 0.661. The first-order valence-corrected chi connectivity index (χ1v) is 7.91. The Labute approximate surface area is 126 Å². The third-order valence-electron chi connectivity index (χ3n) is 4.48. The summed E-state index contributed by atoms with van der Waals surface area (Å²) in [6.07, 6.45) is 5.83. The Morgan fingerprint density at radius 2 is 2.19 bits per heavy atom. The summed E-state index contributed by atoms with van der Waals surface area (Å²) in [6, 6.07) is 0.317. The van der Waals surface area contributed by atoms with Crippen LogP contribution in [-0.2, 0) is 7.05 Å². The smallest absolute Gasteiger partial charge is 0.334 e. The van der Waals surface area contributed by atoms with Gasteiger partial charge in [-0.25, -0.2) is 4.68 Å². The van der Waals surface area contributed by atoms with E-state index in [1.807, 2.05) is 13.8 Å². The van der Waals surface area contributed by atoms with Crippen LogP contribution in [0.1, 0.15) is 64.5 Å².